The summed E-state index contributed by atoms with van der Waals surface area (Å²) >= 11 is 0. The van der Waals surface area contributed by atoms with Crippen molar-refractivity contribution in [1.29, 1.82) is 0 Å². The molecule has 2 atom stereocenters. The highest BCUT2D eigenvalue weighted by molar-refractivity contribution is 5.88. The summed E-state index contributed by atoms with van der Waals surface area (Å²) in [5.41, 5.74) is 1.17. The van der Waals surface area contributed by atoms with Crippen LogP contribution in [0.1, 0.15) is 43.7 Å². The normalized spacial score (nSPS) is 24.4. The SMILES string of the molecule is CCOc1ccc(F)c(-c2cc(C)nc(C3CCC4(CCN(C)C4=O)N3)n2)c1. The molecule has 1 spiro atoms. The van der Waals surface area contributed by atoms with Gasteiger partial charge in [-0.15, -0.1) is 0 Å². The smallest absolute Gasteiger partial charge is 0.242 e. The van der Waals surface area contributed by atoms with Crippen molar-refractivity contribution < 1.29 is 13.9 Å². The lowest BCUT2D eigenvalue weighted by atomic mass is 9.96. The van der Waals surface area contributed by atoms with Crippen molar-refractivity contribution in [1.82, 2.24) is 20.2 Å². The molecule has 3 heterocycles. The molecule has 2 unspecified atom stereocenters. The Kier molecular flexibility index (Phi) is 4.79. The van der Waals surface area contributed by atoms with Crippen LogP contribution in [0.25, 0.3) is 11.3 Å². The van der Waals surface area contributed by atoms with Crippen molar-refractivity contribution in [2.45, 2.75) is 44.7 Å². The van der Waals surface area contributed by atoms with Crippen LogP contribution in [0.5, 0.6) is 5.75 Å². The molecule has 1 aromatic carbocycles. The van der Waals surface area contributed by atoms with Crippen LogP contribution < -0.4 is 10.1 Å². The lowest BCUT2D eigenvalue weighted by Crippen LogP contribution is -2.47. The molecule has 0 bridgehead atoms. The van der Waals surface area contributed by atoms with E-state index in [1.54, 1.807) is 23.1 Å². The van der Waals surface area contributed by atoms with E-state index in [9.17, 15) is 9.18 Å². The number of rotatable bonds is 4. The second kappa shape index (κ2) is 7.13. The van der Waals surface area contributed by atoms with Gasteiger partial charge in [-0.2, -0.15) is 0 Å². The maximum Gasteiger partial charge on any atom is 0.242 e. The van der Waals surface area contributed by atoms with Crippen LogP contribution in [0.3, 0.4) is 0 Å². The Morgan fingerprint density at radius 3 is 2.86 bits per heavy atom. The third kappa shape index (κ3) is 3.24. The molecule has 148 valence electrons. The predicted molar refractivity (Wildman–Crippen MR) is 103 cm³/mol. The van der Waals surface area contributed by atoms with Gasteiger partial charge in [-0.05, 0) is 57.4 Å². The number of amides is 1. The van der Waals surface area contributed by atoms with Gasteiger partial charge in [0.1, 0.15) is 22.9 Å². The van der Waals surface area contributed by atoms with E-state index < -0.39 is 5.54 Å². The average molecular weight is 384 g/mol. The number of hydrogen-bond donors (Lipinski definition) is 1. The molecule has 1 amide bonds. The maximum absolute atomic E-state index is 14.5. The Balaban J connectivity index is 1.66. The largest absolute Gasteiger partial charge is 0.494 e. The van der Waals surface area contributed by atoms with Gasteiger partial charge in [0.2, 0.25) is 5.91 Å². The van der Waals surface area contributed by atoms with Gasteiger partial charge in [-0.25, -0.2) is 14.4 Å². The van der Waals surface area contributed by atoms with Gasteiger partial charge >= 0.3 is 0 Å². The molecule has 1 aromatic heterocycles. The number of hydrogen-bond acceptors (Lipinski definition) is 5. The Morgan fingerprint density at radius 1 is 1.32 bits per heavy atom. The fraction of sp³-hybridized carbons (Fsp3) is 0.476. The Bertz CT molecular complexity index is 919. The molecular weight excluding hydrogens is 359 g/mol. The minimum absolute atomic E-state index is 0.118. The van der Waals surface area contributed by atoms with E-state index in [1.807, 2.05) is 20.9 Å². The standard InChI is InChI=1S/C21H25FN4O2/c1-4-28-14-5-6-16(22)15(12-14)18-11-13(2)23-19(24-18)17-7-8-21(25-17)9-10-26(3)20(21)27/h5-6,11-12,17,25H,4,7-10H2,1-3H3. The summed E-state index contributed by atoms with van der Waals surface area (Å²) in [6, 6.07) is 6.34. The number of likely N-dealkylation sites (N-methyl/N-ethyl adjacent to an activating group) is 1. The summed E-state index contributed by atoms with van der Waals surface area (Å²) in [5, 5.41) is 3.48. The van der Waals surface area contributed by atoms with Crippen molar-refractivity contribution in [3.8, 4) is 17.0 Å². The Labute approximate surface area is 164 Å². The first-order chi connectivity index (χ1) is 13.4. The molecule has 2 fully saturated rings. The van der Waals surface area contributed by atoms with Gasteiger partial charge in [0, 0.05) is 24.8 Å². The van der Waals surface area contributed by atoms with Gasteiger partial charge in [0.25, 0.3) is 0 Å². The van der Waals surface area contributed by atoms with Crippen molar-refractivity contribution in [2.24, 2.45) is 0 Å². The summed E-state index contributed by atoms with van der Waals surface area (Å²) in [6.07, 6.45) is 2.34. The van der Waals surface area contributed by atoms with E-state index in [4.69, 9.17) is 4.74 Å². The lowest BCUT2D eigenvalue weighted by molar-refractivity contribution is -0.131. The molecule has 1 N–H and O–H groups in total. The van der Waals surface area contributed by atoms with Crippen LogP contribution in [0.15, 0.2) is 24.3 Å². The third-order valence-corrected chi connectivity index (χ3v) is 5.65. The van der Waals surface area contributed by atoms with E-state index in [1.165, 1.54) is 6.07 Å². The van der Waals surface area contributed by atoms with Gasteiger partial charge in [0.15, 0.2) is 0 Å². The number of aryl methyl sites for hydroxylation is 1. The highest BCUT2D eigenvalue weighted by atomic mass is 19.1. The molecule has 2 aromatic rings. The lowest BCUT2D eigenvalue weighted by Gasteiger charge is -2.23. The number of ether oxygens (including phenoxy) is 1. The summed E-state index contributed by atoms with van der Waals surface area (Å²) in [4.78, 5) is 23.6. The topological polar surface area (TPSA) is 67.3 Å². The van der Waals surface area contributed by atoms with E-state index in [-0.39, 0.29) is 17.8 Å². The van der Waals surface area contributed by atoms with Crippen molar-refractivity contribution in [2.75, 3.05) is 20.2 Å². The highest BCUT2D eigenvalue weighted by Gasteiger charge is 2.50. The zero-order valence-electron chi connectivity index (χ0n) is 16.5. The predicted octanol–water partition coefficient (Wildman–Crippen LogP) is 3.02. The highest BCUT2D eigenvalue weighted by Crippen LogP contribution is 2.38. The number of carbonyl (C=O) groups excluding carboxylic acids is 1. The number of aromatic nitrogens is 2. The third-order valence-electron chi connectivity index (χ3n) is 5.65. The zero-order valence-corrected chi connectivity index (χ0v) is 16.5. The fourth-order valence-electron chi connectivity index (χ4n) is 4.20. The van der Waals surface area contributed by atoms with Crippen molar-refractivity contribution in [3.63, 3.8) is 0 Å². The number of nitrogens with zero attached hydrogens (tertiary/aromatic N) is 3. The second-order valence-electron chi connectivity index (χ2n) is 7.62. The Morgan fingerprint density at radius 2 is 2.14 bits per heavy atom. The van der Waals surface area contributed by atoms with E-state index in [0.717, 1.165) is 31.5 Å². The van der Waals surface area contributed by atoms with Crippen molar-refractivity contribution >= 4 is 5.91 Å². The molecular formula is C21H25FN4O2. The first-order valence-corrected chi connectivity index (χ1v) is 9.73. The average Bonchev–Trinajstić information content (AvgIpc) is 3.23. The van der Waals surface area contributed by atoms with E-state index in [0.29, 0.717) is 29.4 Å². The maximum atomic E-state index is 14.5. The second-order valence-corrected chi connectivity index (χ2v) is 7.62. The summed E-state index contributed by atoms with van der Waals surface area (Å²) in [7, 11) is 1.83. The van der Waals surface area contributed by atoms with Crippen LogP contribution in [-0.4, -0.2) is 46.5 Å². The minimum atomic E-state index is -0.507. The monoisotopic (exact) mass is 384 g/mol. The number of carbonyl (C=O) groups is 1. The molecule has 0 radical (unpaired) electrons. The molecule has 2 aliphatic heterocycles. The number of benzene rings is 1. The van der Waals surface area contributed by atoms with Gasteiger partial charge < -0.3 is 9.64 Å². The van der Waals surface area contributed by atoms with Crippen molar-refractivity contribution in [3.05, 3.63) is 41.6 Å². The van der Waals surface area contributed by atoms with Gasteiger partial charge in [-0.1, -0.05) is 0 Å². The number of likely N-dealkylation sites (tertiary alicyclic amines) is 1. The van der Waals surface area contributed by atoms with Crippen LogP contribution in [0, 0.1) is 12.7 Å². The molecule has 2 saturated heterocycles. The summed E-state index contributed by atoms with van der Waals surface area (Å²) in [6.45, 7) is 5.03. The van der Waals surface area contributed by atoms with Crippen LogP contribution in [-0.2, 0) is 4.79 Å². The molecule has 6 nitrogen and oxygen atoms in total. The van der Waals surface area contributed by atoms with E-state index >= 15 is 0 Å². The molecule has 2 aliphatic rings. The molecule has 4 rings (SSSR count). The van der Waals surface area contributed by atoms with Gasteiger partial charge in [-0.3, -0.25) is 10.1 Å². The first-order valence-electron chi connectivity index (χ1n) is 9.73. The quantitative estimate of drug-likeness (QED) is 0.878. The molecule has 28 heavy (non-hydrogen) atoms. The van der Waals surface area contributed by atoms with Crippen LogP contribution >= 0.6 is 0 Å². The van der Waals surface area contributed by atoms with Gasteiger partial charge in [0.05, 0.1) is 18.3 Å². The molecule has 7 heteroatoms. The molecule has 0 saturated carbocycles. The fourth-order valence-corrected chi connectivity index (χ4v) is 4.20. The number of halogens is 1. The summed E-state index contributed by atoms with van der Waals surface area (Å²) < 4.78 is 20.0. The minimum Gasteiger partial charge on any atom is -0.494 e. The van der Waals surface area contributed by atoms with E-state index in [2.05, 4.69) is 15.3 Å². The number of nitrogens with one attached hydrogen (secondary N) is 1. The van der Waals surface area contributed by atoms with Crippen LogP contribution in [0.4, 0.5) is 4.39 Å². The molecule has 0 aliphatic carbocycles. The zero-order chi connectivity index (χ0) is 19.9. The summed E-state index contributed by atoms with van der Waals surface area (Å²) in [5.74, 6) is 0.999. The first kappa shape index (κ1) is 18.8. The van der Waals surface area contributed by atoms with Crippen LogP contribution in [0.2, 0.25) is 0 Å². The Hall–Kier alpha value is -2.54.